The van der Waals surface area contributed by atoms with Gasteiger partial charge in [0.2, 0.25) is 10.0 Å². The summed E-state index contributed by atoms with van der Waals surface area (Å²) in [5.74, 6) is 0.601. The van der Waals surface area contributed by atoms with Gasteiger partial charge in [-0.05, 0) is 30.7 Å². The first-order valence-corrected chi connectivity index (χ1v) is 6.35. The van der Waals surface area contributed by atoms with Crippen molar-refractivity contribution >= 4 is 10.0 Å². The van der Waals surface area contributed by atoms with Gasteiger partial charge in [-0.2, -0.15) is 9.57 Å². The van der Waals surface area contributed by atoms with Crippen molar-refractivity contribution < 1.29 is 13.2 Å². The highest BCUT2D eigenvalue weighted by Crippen LogP contribution is 2.23. The molecular formula is C11H14N2O3S. The van der Waals surface area contributed by atoms with Gasteiger partial charge in [-0.15, -0.1) is 0 Å². The standard InChI is InChI=1S/C11H14N2O3S/c1-9-8-10(16-3)4-5-11(9)17(14,15)13(2)7-6-12/h4-5,8H,7H2,1-3H3. The van der Waals surface area contributed by atoms with Crippen molar-refractivity contribution in [3.8, 4) is 11.8 Å². The highest BCUT2D eigenvalue weighted by atomic mass is 32.2. The molecule has 0 unspecified atom stereocenters. The molecule has 1 aromatic rings. The largest absolute Gasteiger partial charge is 0.497 e. The van der Waals surface area contributed by atoms with Crippen LogP contribution in [0.2, 0.25) is 0 Å². The predicted molar refractivity (Wildman–Crippen MR) is 63.2 cm³/mol. The Morgan fingerprint density at radius 1 is 1.47 bits per heavy atom. The molecule has 0 heterocycles. The molecule has 0 saturated carbocycles. The summed E-state index contributed by atoms with van der Waals surface area (Å²) in [6.45, 7) is 1.52. The molecule has 0 aliphatic carbocycles. The fraction of sp³-hybridized carbons (Fsp3) is 0.364. The lowest BCUT2D eigenvalue weighted by Gasteiger charge is -2.15. The molecule has 0 N–H and O–H groups in total. The first kappa shape index (κ1) is 13.5. The number of rotatable bonds is 4. The van der Waals surface area contributed by atoms with Crippen LogP contribution >= 0.6 is 0 Å². The van der Waals surface area contributed by atoms with E-state index in [1.807, 2.05) is 6.07 Å². The maximum atomic E-state index is 12.1. The van der Waals surface area contributed by atoms with E-state index in [-0.39, 0.29) is 11.4 Å². The summed E-state index contributed by atoms with van der Waals surface area (Å²) in [5, 5.41) is 8.52. The maximum absolute atomic E-state index is 12.1. The van der Waals surface area contributed by atoms with Crippen LogP contribution in [-0.2, 0) is 10.0 Å². The Hall–Kier alpha value is -1.58. The van der Waals surface area contributed by atoms with Crippen molar-refractivity contribution in [1.82, 2.24) is 4.31 Å². The molecular weight excluding hydrogens is 240 g/mol. The van der Waals surface area contributed by atoms with Gasteiger partial charge in [0.25, 0.3) is 0 Å². The average Bonchev–Trinajstić information content (AvgIpc) is 2.28. The molecule has 0 aromatic heterocycles. The Bertz CT molecular complexity index is 546. The summed E-state index contributed by atoms with van der Waals surface area (Å²) in [6.07, 6.45) is 0. The normalized spacial score (nSPS) is 11.2. The van der Waals surface area contributed by atoms with Gasteiger partial charge in [-0.25, -0.2) is 8.42 Å². The number of nitriles is 1. The van der Waals surface area contributed by atoms with Crippen LogP contribution in [0.3, 0.4) is 0 Å². The summed E-state index contributed by atoms with van der Waals surface area (Å²) in [5.41, 5.74) is 0.592. The Balaban J connectivity index is 3.21. The molecule has 0 bridgehead atoms. The van der Waals surface area contributed by atoms with Crippen LogP contribution < -0.4 is 4.74 Å². The van der Waals surface area contributed by atoms with E-state index in [4.69, 9.17) is 10.00 Å². The van der Waals surface area contributed by atoms with Crippen LogP contribution in [0.25, 0.3) is 0 Å². The summed E-state index contributed by atoms with van der Waals surface area (Å²) >= 11 is 0. The third kappa shape index (κ3) is 2.75. The van der Waals surface area contributed by atoms with E-state index in [0.29, 0.717) is 11.3 Å². The molecule has 0 amide bonds. The first-order valence-electron chi connectivity index (χ1n) is 4.91. The zero-order valence-electron chi connectivity index (χ0n) is 9.97. The third-order valence-electron chi connectivity index (χ3n) is 2.36. The highest BCUT2D eigenvalue weighted by Gasteiger charge is 2.22. The van der Waals surface area contributed by atoms with Gasteiger partial charge < -0.3 is 4.74 Å². The minimum Gasteiger partial charge on any atom is -0.497 e. The SMILES string of the molecule is COc1ccc(S(=O)(=O)N(C)CC#N)c(C)c1. The fourth-order valence-corrected chi connectivity index (χ4v) is 2.66. The topological polar surface area (TPSA) is 70.4 Å². The molecule has 5 nitrogen and oxygen atoms in total. The molecule has 1 rings (SSSR count). The maximum Gasteiger partial charge on any atom is 0.244 e. The van der Waals surface area contributed by atoms with E-state index in [0.717, 1.165) is 4.31 Å². The molecule has 1 aromatic carbocycles. The third-order valence-corrected chi connectivity index (χ3v) is 4.33. The number of benzene rings is 1. The number of hydrogen-bond donors (Lipinski definition) is 0. The van der Waals surface area contributed by atoms with Crippen LogP contribution in [0.5, 0.6) is 5.75 Å². The zero-order valence-corrected chi connectivity index (χ0v) is 10.8. The number of methoxy groups -OCH3 is 1. The van der Waals surface area contributed by atoms with E-state index < -0.39 is 10.0 Å². The monoisotopic (exact) mass is 254 g/mol. The second kappa shape index (κ2) is 5.17. The van der Waals surface area contributed by atoms with E-state index in [9.17, 15) is 8.42 Å². The number of ether oxygens (including phenoxy) is 1. The number of hydrogen-bond acceptors (Lipinski definition) is 4. The zero-order chi connectivity index (χ0) is 13.1. The second-order valence-electron chi connectivity index (χ2n) is 3.55. The van der Waals surface area contributed by atoms with Crippen molar-refractivity contribution in [2.45, 2.75) is 11.8 Å². The van der Waals surface area contributed by atoms with Crippen molar-refractivity contribution in [3.63, 3.8) is 0 Å². The lowest BCUT2D eigenvalue weighted by Crippen LogP contribution is -2.27. The lowest BCUT2D eigenvalue weighted by atomic mass is 10.2. The van der Waals surface area contributed by atoms with Crippen LogP contribution in [0.1, 0.15) is 5.56 Å². The summed E-state index contributed by atoms with van der Waals surface area (Å²) in [6, 6.07) is 6.52. The minimum absolute atomic E-state index is 0.173. The van der Waals surface area contributed by atoms with Gasteiger partial charge in [-0.1, -0.05) is 0 Å². The molecule has 0 aliphatic rings. The predicted octanol–water partition coefficient (Wildman–Crippen LogP) is 1.15. The second-order valence-corrected chi connectivity index (χ2v) is 5.56. The molecule has 0 aliphatic heterocycles. The Kier molecular flexibility index (Phi) is 4.10. The van der Waals surface area contributed by atoms with Gasteiger partial charge >= 0.3 is 0 Å². The van der Waals surface area contributed by atoms with Crippen LogP contribution in [0.15, 0.2) is 23.1 Å². The highest BCUT2D eigenvalue weighted by molar-refractivity contribution is 7.89. The molecule has 0 saturated heterocycles. The van der Waals surface area contributed by atoms with Crippen LogP contribution in [0, 0.1) is 18.3 Å². The summed E-state index contributed by atoms with van der Waals surface area (Å²) in [7, 11) is -0.706. The molecule has 0 fully saturated rings. The molecule has 0 spiro atoms. The van der Waals surface area contributed by atoms with E-state index >= 15 is 0 Å². The summed E-state index contributed by atoms with van der Waals surface area (Å²) < 4.78 is 30.2. The Labute approximate surface area is 101 Å². The minimum atomic E-state index is -3.60. The summed E-state index contributed by atoms with van der Waals surface area (Å²) in [4.78, 5) is 0.191. The number of nitrogens with zero attached hydrogens (tertiary/aromatic N) is 2. The Morgan fingerprint density at radius 2 is 2.12 bits per heavy atom. The van der Waals surface area contributed by atoms with E-state index in [2.05, 4.69) is 0 Å². The molecule has 17 heavy (non-hydrogen) atoms. The van der Waals surface area contributed by atoms with Crippen molar-refractivity contribution in [2.24, 2.45) is 0 Å². The number of aryl methyl sites for hydroxylation is 1. The smallest absolute Gasteiger partial charge is 0.244 e. The van der Waals surface area contributed by atoms with E-state index in [1.54, 1.807) is 19.1 Å². The lowest BCUT2D eigenvalue weighted by molar-refractivity contribution is 0.414. The van der Waals surface area contributed by atoms with Crippen molar-refractivity contribution in [3.05, 3.63) is 23.8 Å². The molecule has 92 valence electrons. The average molecular weight is 254 g/mol. The molecule has 6 heteroatoms. The van der Waals surface area contributed by atoms with Crippen molar-refractivity contribution in [1.29, 1.82) is 5.26 Å². The fourth-order valence-electron chi connectivity index (χ4n) is 1.39. The van der Waals surface area contributed by atoms with Gasteiger partial charge in [-0.3, -0.25) is 0 Å². The van der Waals surface area contributed by atoms with Gasteiger partial charge in [0.15, 0.2) is 0 Å². The van der Waals surface area contributed by atoms with Crippen LogP contribution in [-0.4, -0.2) is 33.4 Å². The van der Waals surface area contributed by atoms with Gasteiger partial charge in [0.1, 0.15) is 12.3 Å². The Morgan fingerprint density at radius 3 is 2.59 bits per heavy atom. The molecule has 0 atom stereocenters. The number of sulfonamides is 1. The van der Waals surface area contributed by atoms with Crippen LogP contribution in [0.4, 0.5) is 0 Å². The van der Waals surface area contributed by atoms with Crippen molar-refractivity contribution in [2.75, 3.05) is 20.7 Å². The first-order chi connectivity index (χ1) is 7.93. The van der Waals surface area contributed by atoms with Gasteiger partial charge in [0.05, 0.1) is 18.1 Å². The quantitative estimate of drug-likeness (QED) is 0.756. The molecule has 0 radical (unpaired) electrons. The van der Waals surface area contributed by atoms with E-state index in [1.165, 1.54) is 20.2 Å². The van der Waals surface area contributed by atoms with Gasteiger partial charge in [0, 0.05) is 7.05 Å².